The zero-order chi connectivity index (χ0) is 7.33. The van der Waals surface area contributed by atoms with Crippen molar-refractivity contribution in [1.29, 1.82) is 0 Å². The fourth-order valence-electron chi connectivity index (χ4n) is 0.530. The molecule has 9 heavy (non-hydrogen) atoms. The van der Waals surface area contributed by atoms with Gasteiger partial charge in [-0.15, -0.1) is 34.8 Å². The Morgan fingerprint density at radius 2 is 2.00 bits per heavy atom. The van der Waals surface area contributed by atoms with Gasteiger partial charge in [-0.25, -0.2) is 0 Å². The number of alkyl halides is 3. The molecule has 0 heterocycles. The maximum absolute atomic E-state index is 5.78. The average molecular weight is 222 g/mol. The molecule has 0 atom stereocenters. The Hall–Kier alpha value is 1.30. The Balaban J connectivity index is 3.07. The summed E-state index contributed by atoms with van der Waals surface area (Å²) in [6.45, 7) is 0. The van der Waals surface area contributed by atoms with Gasteiger partial charge in [-0.1, -0.05) is 6.04 Å². The number of rotatable bonds is 4. The Morgan fingerprint density at radius 1 is 1.44 bits per heavy atom. The van der Waals surface area contributed by atoms with Crippen LogP contribution in [0.2, 0.25) is 6.04 Å². The molecule has 0 aliphatic heterocycles. The third kappa shape index (κ3) is 9.30. The first-order valence-corrected chi connectivity index (χ1v) is 7.29. The Morgan fingerprint density at radius 3 is 2.33 bits per heavy atom. The molecular formula is C4H11Cl3Si2. The maximum atomic E-state index is 5.78. The second-order valence-electron chi connectivity index (χ2n) is 2.22. The van der Waals surface area contributed by atoms with Gasteiger partial charge in [-0.05, 0) is 6.42 Å². The van der Waals surface area contributed by atoms with Crippen LogP contribution in [0, 0.1) is 0 Å². The molecular weight excluding hydrogens is 211 g/mol. The van der Waals surface area contributed by atoms with Crippen molar-refractivity contribution in [2.45, 2.75) is 16.4 Å². The molecule has 0 N–H and O–H groups in total. The SMILES string of the molecule is [SiH3]C(Cl)(Cl)CC[SiH2]CCl. The van der Waals surface area contributed by atoms with E-state index in [4.69, 9.17) is 34.8 Å². The van der Waals surface area contributed by atoms with E-state index in [9.17, 15) is 0 Å². The fraction of sp³-hybridized carbons (Fsp3) is 1.00. The van der Waals surface area contributed by atoms with E-state index >= 15 is 0 Å². The van der Waals surface area contributed by atoms with Gasteiger partial charge in [0.1, 0.15) is 0 Å². The van der Waals surface area contributed by atoms with E-state index in [0.717, 1.165) is 22.2 Å². The Labute approximate surface area is 76.5 Å². The van der Waals surface area contributed by atoms with Gasteiger partial charge in [0.15, 0.2) is 0 Å². The molecule has 0 aromatic heterocycles. The van der Waals surface area contributed by atoms with Crippen molar-refractivity contribution < 1.29 is 0 Å². The molecule has 0 saturated heterocycles. The highest BCUT2D eigenvalue weighted by Gasteiger charge is 2.14. The zero-order valence-electron chi connectivity index (χ0n) is 5.46. The normalized spacial score (nSPS) is 13.7. The smallest absolute Gasteiger partial charge is 0.0969 e. The molecule has 0 nitrogen and oxygen atoms in total. The van der Waals surface area contributed by atoms with Crippen molar-refractivity contribution >= 4 is 54.6 Å². The molecule has 0 spiro atoms. The lowest BCUT2D eigenvalue weighted by molar-refractivity contribution is 0.964. The van der Waals surface area contributed by atoms with E-state index in [1.807, 2.05) is 0 Å². The van der Waals surface area contributed by atoms with Crippen LogP contribution in [0.1, 0.15) is 6.42 Å². The van der Waals surface area contributed by atoms with Crippen LogP contribution in [-0.2, 0) is 0 Å². The molecule has 0 unspecified atom stereocenters. The number of hydrogen-bond donors (Lipinski definition) is 0. The molecule has 0 aliphatic rings. The zero-order valence-corrected chi connectivity index (χ0v) is 11.1. The first-order valence-electron chi connectivity index (χ1n) is 3.00. The minimum atomic E-state index is -0.390. The van der Waals surface area contributed by atoms with Gasteiger partial charge in [-0.3, -0.25) is 0 Å². The molecule has 0 radical (unpaired) electrons. The summed E-state index contributed by atoms with van der Waals surface area (Å²) in [6.07, 6.45) is 0.946. The molecule has 5 heteroatoms. The summed E-state index contributed by atoms with van der Waals surface area (Å²) in [7, 11) is 0.816. The highest BCUT2D eigenvalue weighted by Crippen LogP contribution is 2.21. The van der Waals surface area contributed by atoms with Crippen LogP contribution < -0.4 is 0 Å². The first kappa shape index (κ1) is 10.3. The minimum Gasteiger partial charge on any atom is -0.131 e. The minimum absolute atomic E-state index is 0.0393. The van der Waals surface area contributed by atoms with E-state index in [2.05, 4.69) is 0 Å². The maximum Gasteiger partial charge on any atom is 0.0969 e. The van der Waals surface area contributed by atoms with Gasteiger partial charge in [0.05, 0.1) is 3.96 Å². The third-order valence-corrected chi connectivity index (χ3v) is 3.80. The monoisotopic (exact) mass is 220 g/mol. The van der Waals surface area contributed by atoms with E-state index < -0.39 is 0 Å². The molecule has 0 aromatic rings. The van der Waals surface area contributed by atoms with Gasteiger partial charge >= 0.3 is 0 Å². The lowest BCUT2D eigenvalue weighted by atomic mass is 10.5. The number of halogens is 3. The van der Waals surface area contributed by atoms with Crippen molar-refractivity contribution in [3.63, 3.8) is 0 Å². The Bertz CT molecular complexity index is 70.7. The first-order chi connectivity index (χ1) is 4.06. The van der Waals surface area contributed by atoms with Crippen LogP contribution >= 0.6 is 34.8 Å². The molecule has 0 saturated carbocycles. The van der Waals surface area contributed by atoms with Crippen molar-refractivity contribution in [2.75, 3.05) is 5.50 Å². The summed E-state index contributed by atoms with van der Waals surface area (Å²) in [5.74, 6) is 0. The van der Waals surface area contributed by atoms with E-state index in [-0.39, 0.29) is 13.5 Å². The lowest BCUT2D eigenvalue weighted by Crippen LogP contribution is -2.12. The molecule has 0 fully saturated rings. The van der Waals surface area contributed by atoms with Crippen LogP contribution in [-0.4, -0.2) is 29.2 Å². The molecule has 0 amide bonds. The van der Waals surface area contributed by atoms with Gasteiger partial charge in [0.2, 0.25) is 0 Å². The van der Waals surface area contributed by atoms with Crippen molar-refractivity contribution in [2.24, 2.45) is 0 Å². The number of hydrogen-bond acceptors (Lipinski definition) is 0. The molecule has 0 aliphatic carbocycles. The standard InChI is InChI=1S/C4H11Cl3Si2/c5-3-9-2-1-4(6,7)8/h1-3,9H2,8H3. The average Bonchev–Trinajstić information content (AvgIpc) is 1.63. The second kappa shape index (κ2) is 5.02. The molecule has 0 rings (SSSR count). The quantitative estimate of drug-likeness (QED) is 0.372. The Kier molecular flexibility index (Phi) is 5.75. The summed E-state index contributed by atoms with van der Waals surface area (Å²) in [6, 6.07) is 1.18. The molecule has 56 valence electrons. The van der Waals surface area contributed by atoms with E-state index in [0.29, 0.717) is 0 Å². The largest absolute Gasteiger partial charge is 0.131 e. The summed E-state index contributed by atoms with van der Waals surface area (Å²) in [5, 5.41) is 0. The van der Waals surface area contributed by atoms with Gasteiger partial charge in [-0.2, -0.15) is 0 Å². The summed E-state index contributed by atoms with van der Waals surface area (Å²) in [4.78, 5) is 0. The van der Waals surface area contributed by atoms with Gasteiger partial charge in [0, 0.05) is 25.3 Å². The third-order valence-electron chi connectivity index (χ3n) is 0.999. The van der Waals surface area contributed by atoms with Crippen molar-refractivity contribution in [3.05, 3.63) is 0 Å². The topological polar surface area (TPSA) is 0 Å². The van der Waals surface area contributed by atoms with Crippen molar-refractivity contribution in [3.8, 4) is 0 Å². The summed E-state index contributed by atoms with van der Waals surface area (Å²) < 4.78 is -0.390. The van der Waals surface area contributed by atoms with Crippen LogP contribution in [0.5, 0.6) is 0 Å². The highest BCUT2D eigenvalue weighted by molar-refractivity contribution is 6.65. The van der Waals surface area contributed by atoms with Gasteiger partial charge < -0.3 is 0 Å². The van der Waals surface area contributed by atoms with Gasteiger partial charge in [0.25, 0.3) is 0 Å². The van der Waals surface area contributed by atoms with Crippen LogP contribution in [0.15, 0.2) is 0 Å². The van der Waals surface area contributed by atoms with E-state index in [1.165, 1.54) is 6.04 Å². The fourth-order valence-corrected chi connectivity index (χ4v) is 4.02. The summed E-state index contributed by atoms with van der Waals surface area (Å²) in [5.41, 5.74) is 0.853. The lowest BCUT2D eigenvalue weighted by Gasteiger charge is -2.10. The molecule has 0 aromatic carbocycles. The highest BCUT2D eigenvalue weighted by atomic mass is 35.5. The predicted octanol–water partition coefficient (Wildman–Crippen LogP) is 0.657. The van der Waals surface area contributed by atoms with Crippen LogP contribution in [0.4, 0.5) is 0 Å². The summed E-state index contributed by atoms with van der Waals surface area (Å²) >= 11 is 17.1. The van der Waals surface area contributed by atoms with Crippen LogP contribution in [0.3, 0.4) is 0 Å². The van der Waals surface area contributed by atoms with Crippen LogP contribution in [0.25, 0.3) is 0 Å². The van der Waals surface area contributed by atoms with Crippen molar-refractivity contribution in [1.82, 2.24) is 0 Å². The van der Waals surface area contributed by atoms with E-state index in [1.54, 1.807) is 0 Å². The second-order valence-corrected chi connectivity index (χ2v) is 9.98. The predicted molar refractivity (Wildman–Crippen MR) is 53.1 cm³/mol. The molecule has 0 bridgehead atoms.